The number of hydrogen-bond donors (Lipinski definition) is 0. The predicted molar refractivity (Wildman–Crippen MR) is 91.6 cm³/mol. The van der Waals surface area contributed by atoms with E-state index < -0.39 is 17.5 Å². The molecular weight excluding hydrogens is 345 g/mol. The molecule has 3 nitrogen and oxygen atoms in total. The lowest BCUT2D eigenvalue weighted by atomic mass is 9.96. The Morgan fingerprint density at radius 1 is 1.04 bits per heavy atom. The Kier molecular flexibility index (Phi) is 5.84. The molecule has 0 N–H and O–H groups in total. The number of rotatable bonds is 5. The maximum atomic E-state index is 14.6. The van der Waals surface area contributed by atoms with E-state index in [0.717, 1.165) is 12.8 Å². The summed E-state index contributed by atoms with van der Waals surface area (Å²) in [6.45, 7) is 3.02. The van der Waals surface area contributed by atoms with Gasteiger partial charge in [-0.05, 0) is 43.5 Å². The monoisotopic (exact) mass is 366 g/mol. The van der Waals surface area contributed by atoms with Gasteiger partial charge in [0.15, 0.2) is 11.6 Å². The first kappa shape index (κ1) is 18.7. The zero-order chi connectivity index (χ0) is 18.7. The van der Waals surface area contributed by atoms with Crippen molar-refractivity contribution in [3.8, 4) is 16.9 Å². The highest BCUT2D eigenvalue weighted by Crippen LogP contribution is 2.34. The van der Waals surface area contributed by atoms with E-state index in [4.69, 9.17) is 14.2 Å². The van der Waals surface area contributed by atoms with Gasteiger partial charge in [-0.2, -0.15) is 4.39 Å². The Bertz CT molecular complexity index is 771. The van der Waals surface area contributed by atoms with Crippen molar-refractivity contribution in [2.45, 2.75) is 32.0 Å². The lowest BCUT2D eigenvalue weighted by molar-refractivity contribution is -0.0840. The molecule has 2 unspecified atom stereocenters. The molecule has 1 aliphatic heterocycles. The van der Waals surface area contributed by atoms with Crippen LogP contribution >= 0.6 is 0 Å². The molecule has 1 fully saturated rings. The molecule has 2 aromatic carbocycles. The van der Waals surface area contributed by atoms with E-state index >= 15 is 0 Å². The third kappa shape index (κ3) is 3.71. The minimum atomic E-state index is -1.13. The quantitative estimate of drug-likeness (QED) is 0.742. The van der Waals surface area contributed by atoms with E-state index in [9.17, 15) is 13.2 Å². The Labute approximate surface area is 150 Å². The summed E-state index contributed by atoms with van der Waals surface area (Å²) in [6.07, 6.45) is 1.39. The molecule has 0 aliphatic carbocycles. The smallest absolute Gasteiger partial charge is 0.201 e. The molecule has 1 aliphatic rings. The van der Waals surface area contributed by atoms with Gasteiger partial charge in [0.05, 0.1) is 25.9 Å². The highest BCUT2D eigenvalue weighted by molar-refractivity contribution is 5.66. The molecule has 2 aromatic rings. The minimum absolute atomic E-state index is 0.00388. The fourth-order valence-electron chi connectivity index (χ4n) is 3.20. The van der Waals surface area contributed by atoms with Crippen LogP contribution in [0.15, 0.2) is 30.3 Å². The predicted octanol–water partition coefficient (Wildman–Crippen LogP) is 5.04. The Balaban J connectivity index is 1.82. The van der Waals surface area contributed by atoms with Crippen LogP contribution in [0.1, 0.15) is 31.4 Å². The lowest BCUT2D eigenvalue weighted by Gasteiger charge is -2.29. The van der Waals surface area contributed by atoms with Crippen molar-refractivity contribution in [2.75, 3.05) is 20.3 Å². The van der Waals surface area contributed by atoms with Crippen LogP contribution in [0.25, 0.3) is 11.1 Å². The highest BCUT2D eigenvalue weighted by atomic mass is 19.2. The first-order chi connectivity index (χ1) is 12.5. The van der Waals surface area contributed by atoms with Crippen molar-refractivity contribution in [3.63, 3.8) is 0 Å². The van der Waals surface area contributed by atoms with Gasteiger partial charge in [0, 0.05) is 17.7 Å². The van der Waals surface area contributed by atoms with Gasteiger partial charge in [0.25, 0.3) is 0 Å². The molecule has 0 bridgehead atoms. The fraction of sp³-hybridized carbons (Fsp3) is 0.400. The lowest BCUT2D eigenvalue weighted by Crippen LogP contribution is -2.27. The molecule has 1 saturated heterocycles. The Morgan fingerprint density at radius 3 is 2.42 bits per heavy atom. The van der Waals surface area contributed by atoms with Gasteiger partial charge >= 0.3 is 0 Å². The second-order valence-corrected chi connectivity index (χ2v) is 6.16. The van der Waals surface area contributed by atoms with Crippen LogP contribution in [0.3, 0.4) is 0 Å². The highest BCUT2D eigenvalue weighted by Gasteiger charge is 2.24. The van der Waals surface area contributed by atoms with Crippen LogP contribution in [0.2, 0.25) is 0 Å². The van der Waals surface area contributed by atoms with Crippen molar-refractivity contribution in [1.82, 2.24) is 0 Å². The molecule has 0 aromatic heterocycles. The molecule has 0 radical (unpaired) electrons. The molecule has 0 saturated carbocycles. The molecule has 3 rings (SSSR count). The summed E-state index contributed by atoms with van der Waals surface area (Å²) in [5.74, 6) is -3.11. The van der Waals surface area contributed by atoms with Crippen LogP contribution < -0.4 is 4.74 Å². The summed E-state index contributed by atoms with van der Waals surface area (Å²) < 4.78 is 58.7. The van der Waals surface area contributed by atoms with E-state index in [-0.39, 0.29) is 29.1 Å². The molecule has 6 heteroatoms. The van der Waals surface area contributed by atoms with Gasteiger partial charge < -0.3 is 14.2 Å². The van der Waals surface area contributed by atoms with E-state index in [1.807, 2.05) is 6.92 Å². The molecule has 140 valence electrons. The standard InChI is InChI=1S/C20H21F3O3/c1-3-25-13-5-8-17(26-11-13)12-4-6-14(16(21)10-12)15-7-9-18(24-2)20(23)19(15)22/h4,6-7,9-10,13,17H,3,5,8,11H2,1-2H3. The van der Waals surface area contributed by atoms with E-state index in [2.05, 4.69) is 0 Å². The number of hydrogen-bond acceptors (Lipinski definition) is 3. The van der Waals surface area contributed by atoms with Gasteiger partial charge in [-0.25, -0.2) is 8.78 Å². The zero-order valence-corrected chi connectivity index (χ0v) is 14.7. The number of halogens is 3. The van der Waals surface area contributed by atoms with Crippen molar-refractivity contribution < 1.29 is 27.4 Å². The average Bonchev–Trinajstić information content (AvgIpc) is 2.65. The van der Waals surface area contributed by atoms with Crippen LogP contribution in [0.5, 0.6) is 5.75 Å². The van der Waals surface area contributed by atoms with Gasteiger partial charge in [-0.1, -0.05) is 12.1 Å². The van der Waals surface area contributed by atoms with Crippen LogP contribution in [0, 0.1) is 17.5 Å². The summed E-state index contributed by atoms with van der Waals surface area (Å²) in [4.78, 5) is 0. The van der Waals surface area contributed by atoms with Crippen LogP contribution in [0.4, 0.5) is 13.2 Å². The molecule has 0 spiro atoms. The first-order valence-electron chi connectivity index (χ1n) is 8.60. The number of benzene rings is 2. The molecule has 0 amide bonds. The maximum Gasteiger partial charge on any atom is 0.201 e. The third-order valence-corrected chi connectivity index (χ3v) is 4.56. The van der Waals surface area contributed by atoms with E-state index in [1.54, 1.807) is 6.07 Å². The summed E-state index contributed by atoms with van der Waals surface area (Å²) in [7, 11) is 1.24. The summed E-state index contributed by atoms with van der Waals surface area (Å²) in [5.41, 5.74) is 0.528. The molecular formula is C20H21F3O3. The fourth-order valence-corrected chi connectivity index (χ4v) is 3.20. The largest absolute Gasteiger partial charge is 0.494 e. The van der Waals surface area contributed by atoms with Gasteiger partial charge in [-0.3, -0.25) is 0 Å². The maximum absolute atomic E-state index is 14.6. The second-order valence-electron chi connectivity index (χ2n) is 6.16. The summed E-state index contributed by atoms with van der Waals surface area (Å²) in [6, 6.07) is 7.04. The van der Waals surface area contributed by atoms with Crippen LogP contribution in [-0.2, 0) is 9.47 Å². The van der Waals surface area contributed by atoms with E-state index in [0.29, 0.717) is 18.8 Å². The third-order valence-electron chi connectivity index (χ3n) is 4.56. The average molecular weight is 366 g/mol. The van der Waals surface area contributed by atoms with Crippen molar-refractivity contribution >= 4 is 0 Å². The first-order valence-corrected chi connectivity index (χ1v) is 8.60. The normalized spacial score (nSPS) is 20.2. The molecule has 1 heterocycles. The number of methoxy groups -OCH3 is 1. The van der Waals surface area contributed by atoms with Crippen molar-refractivity contribution in [1.29, 1.82) is 0 Å². The van der Waals surface area contributed by atoms with E-state index in [1.165, 1.54) is 31.4 Å². The van der Waals surface area contributed by atoms with Gasteiger partial charge in [0.1, 0.15) is 5.82 Å². The minimum Gasteiger partial charge on any atom is -0.494 e. The molecule has 2 atom stereocenters. The van der Waals surface area contributed by atoms with Gasteiger partial charge in [0.2, 0.25) is 5.82 Å². The molecule has 26 heavy (non-hydrogen) atoms. The Hall–Kier alpha value is -2.05. The van der Waals surface area contributed by atoms with Crippen molar-refractivity contribution in [2.24, 2.45) is 0 Å². The topological polar surface area (TPSA) is 27.7 Å². The Morgan fingerprint density at radius 2 is 1.81 bits per heavy atom. The van der Waals surface area contributed by atoms with Crippen molar-refractivity contribution in [3.05, 3.63) is 53.3 Å². The van der Waals surface area contributed by atoms with Gasteiger partial charge in [-0.15, -0.1) is 0 Å². The summed E-state index contributed by atoms with van der Waals surface area (Å²) >= 11 is 0. The zero-order valence-electron chi connectivity index (χ0n) is 14.7. The summed E-state index contributed by atoms with van der Waals surface area (Å²) in [5, 5.41) is 0. The van der Waals surface area contributed by atoms with Crippen LogP contribution in [-0.4, -0.2) is 26.4 Å². The number of ether oxygens (including phenoxy) is 3. The SMILES string of the molecule is CCOC1CCC(c2ccc(-c3ccc(OC)c(F)c3F)c(F)c2)OC1. The second kappa shape index (κ2) is 8.10.